The van der Waals surface area contributed by atoms with Crippen molar-refractivity contribution in [3.05, 3.63) is 50.5 Å². The van der Waals surface area contributed by atoms with Crippen LogP contribution >= 0.6 is 39.9 Å². The summed E-state index contributed by atoms with van der Waals surface area (Å²) >= 11 is 10.6. The van der Waals surface area contributed by atoms with Gasteiger partial charge in [-0.05, 0) is 18.2 Å². The van der Waals surface area contributed by atoms with Gasteiger partial charge in [0.2, 0.25) is 0 Å². The normalized spacial score (nSPS) is 14.1. The zero-order chi connectivity index (χ0) is 13.9. The van der Waals surface area contributed by atoms with Crippen molar-refractivity contribution in [1.29, 1.82) is 0 Å². The Morgan fingerprint density at radius 2 is 2.30 bits per heavy atom. The smallest absolute Gasteiger partial charge is 0.134 e. The van der Waals surface area contributed by atoms with Crippen molar-refractivity contribution in [2.75, 3.05) is 6.54 Å². The average molecular weight is 368 g/mol. The highest BCUT2D eigenvalue weighted by molar-refractivity contribution is 9.10. The second kappa shape index (κ2) is 6.39. The summed E-state index contributed by atoms with van der Waals surface area (Å²) in [5.74, 6) is 1.77. The minimum absolute atomic E-state index is 0.732. The molecule has 0 spiro atoms. The van der Waals surface area contributed by atoms with Gasteiger partial charge in [-0.15, -0.1) is 11.8 Å². The molecule has 0 fully saturated rings. The number of aromatic nitrogens is 2. The molecule has 6 heteroatoms. The molecule has 0 amide bonds. The van der Waals surface area contributed by atoms with Crippen LogP contribution in [0, 0.1) is 4.64 Å². The molecule has 3 nitrogen and oxygen atoms in total. The zero-order valence-electron chi connectivity index (χ0n) is 10.8. The molecule has 0 bridgehead atoms. The van der Waals surface area contributed by atoms with Crippen molar-refractivity contribution in [2.45, 2.75) is 23.6 Å². The molecule has 0 unspecified atom stereocenters. The predicted octanol–water partition coefficient (Wildman–Crippen LogP) is 3.84. The van der Waals surface area contributed by atoms with Crippen LogP contribution in [-0.4, -0.2) is 16.5 Å². The number of aromatic amines is 1. The van der Waals surface area contributed by atoms with Crippen LogP contribution in [0.5, 0.6) is 0 Å². The molecule has 0 atom stereocenters. The van der Waals surface area contributed by atoms with E-state index in [2.05, 4.69) is 43.3 Å². The fourth-order valence-electron chi connectivity index (χ4n) is 2.20. The third kappa shape index (κ3) is 3.31. The number of halogens is 1. The number of hydrogen-bond donors (Lipinski definition) is 2. The first kappa shape index (κ1) is 14.3. The number of benzene rings is 1. The summed E-state index contributed by atoms with van der Waals surface area (Å²) in [5, 5.41) is 3.33. The van der Waals surface area contributed by atoms with Crippen molar-refractivity contribution in [1.82, 2.24) is 15.3 Å². The minimum atomic E-state index is 0.732. The van der Waals surface area contributed by atoms with Crippen LogP contribution in [0.1, 0.15) is 17.1 Å². The van der Waals surface area contributed by atoms with Crippen LogP contribution in [0.15, 0.2) is 33.6 Å². The van der Waals surface area contributed by atoms with E-state index in [1.165, 1.54) is 10.6 Å². The van der Waals surface area contributed by atoms with Crippen LogP contribution in [0.25, 0.3) is 0 Å². The number of fused-ring (bicyclic) bond motifs is 1. The Balaban J connectivity index is 1.78. The van der Waals surface area contributed by atoms with Gasteiger partial charge in [-0.25, -0.2) is 4.98 Å². The molecule has 1 aromatic carbocycles. The highest BCUT2D eigenvalue weighted by Crippen LogP contribution is 2.25. The van der Waals surface area contributed by atoms with Crippen molar-refractivity contribution >= 4 is 39.9 Å². The summed E-state index contributed by atoms with van der Waals surface area (Å²) in [6, 6.07) is 8.29. The van der Waals surface area contributed by atoms with Gasteiger partial charge in [0.25, 0.3) is 0 Å². The Kier molecular flexibility index (Phi) is 4.55. The van der Waals surface area contributed by atoms with Gasteiger partial charge in [0.05, 0.1) is 5.75 Å². The first-order valence-electron chi connectivity index (χ1n) is 6.42. The third-order valence-corrected chi connectivity index (χ3v) is 5.02. The maximum absolute atomic E-state index is 5.39. The van der Waals surface area contributed by atoms with E-state index in [1.807, 2.05) is 12.1 Å². The van der Waals surface area contributed by atoms with Gasteiger partial charge in [-0.2, -0.15) is 0 Å². The lowest BCUT2D eigenvalue weighted by Crippen LogP contribution is -2.25. The lowest BCUT2D eigenvalue weighted by molar-refractivity contribution is 0.620. The molecule has 0 saturated heterocycles. The van der Waals surface area contributed by atoms with E-state index in [4.69, 9.17) is 12.2 Å². The van der Waals surface area contributed by atoms with E-state index >= 15 is 0 Å². The SMILES string of the molecule is S=c1nc(CSc2cccc(Br)c2)[nH]c2c1CNCC2. The molecular formula is C14H14BrN3S2. The molecular weight excluding hydrogens is 354 g/mol. The molecule has 104 valence electrons. The quantitative estimate of drug-likeness (QED) is 0.638. The summed E-state index contributed by atoms with van der Waals surface area (Å²) < 4.78 is 1.83. The second-order valence-corrected chi connectivity index (χ2v) is 6.97. The fraction of sp³-hybridized carbons (Fsp3) is 0.286. The molecule has 3 rings (SSSR count). The topological polar surface area (TPSA) is 40.7 Å². The molecule has 2 N–H and O–H groups in total. The number of hydrogen-bond acceptors (Lipinski definition) is 4. The van der Waals surface area contributed by atoms with Gasteiger partial charge in [0.1, 0.15) is 10.5 Å². The van der Waals surface area contributed by atoms with Crippen LogP contribution in [0.4, 0.5) is 0 Å². The summed E-state index contributed by atoms with van der Waals surface area (Å²) in [4.78, 5) is 9.17. The lowest BCUT2D eigenvalue weighted by Gasteiger charge is -2.17. The Hall–Kier alpha value is -0.690. The molecule has 0 aliphatic carbocycles. The summed E-state index contributed by atoms with van der Waals surface area (Å²) in [5.41, 5.74) is 2.40. The van der Waals surface area contributed by atoms with E-state index in [0.717, 1.165) is 45.8 Å². The fourth-order valence-corrected chi connectivity index (χ4v) is 3.88. The average Bonchev–Trinajstić information content (AvgIpc) is 2.45. The minimum Gasteiger partial charge on any atom is -0.346 e. The molecule has 1 aliphatic rings. The first-order chi connectivity index (χ1) is 9.72. The van der Waals surface area contributed by atoms with Crippen LogP contribution in [0.3, 0.4) is 0 Å². The van der Waals surface area contributed by atoms with Crippen molar-refractivity contribution in [2.24, 2.45) is 0 Å². The van der Waals surface area contributed by atoms with Crippen molar-refractivity contribution in [3.8, 4) is 0 Å². The standard InChI is InChI=1S/C14H14BrN3S2/c15-9-2-1-3-10(6-9)20-8-13-17-12-4-5-16-7-11(12)14(19)18-13/h1-3,6,16H,4-5,7-8H2,(H,17,18,19). The van der Waals surface area contributed by atoms with Crippen LogP contribution in [0.2, 0.25) is 0 Å². The Morgan fingerprint density at radius 3 is 3.15 bits per heavy atom. The molecule has 1 aromatic heterocycles. The maximum Gasteiger partial charge on any atom is 0.134 e. The van der Waals surface area contributed by atoms with Gasteiger partial charge in [0, 0.05) is 40.1 Å². The van der Waals surface area contributed by atoms with Gasteiger partial charge >= 0.3 is 0 Å². The Labute approximate surface area is 135 Å². The first-order valence-corrected chi connectivity index (χ1v) is 8.61. The van der Waals surface area contributed by atoms with Crippen LogP contribution in [-0.2, 0) is 18.7 Å². The highest BCUT2D eigenvalue weighted by atomic mass is 79.9. The Morgan fingerprint density at radius 1 is 1.40 bits per heavy atom. The zero-order valence-corrected chi connectivity index (χ0v) is 14.0. The molecule has 2 heterocycles. The van der Waals surface area contributed by atoms with Gasteiger partial charge in [-0.3, -0.25) is 0 Å². The number of thioether (sulfide) groups is 1. The maximum atomic E-state index is 5.39. The molecule has 2 aromatic rings. The highest BCUT2D eigenvalue weighted by Gasteiger charge is 2.12. The predicted molar refractivity (Wildman–Crippen MR) is 88.5 cm³/mol. The van der Waals surface area contributed by atoms with E-state index < -0.39 is 0 Å². The lowest BCUT2D eigenvalue weighted by atomic mass is 10.1. The van der Waals surface area contributed by atoms with Crippen molar-refractivity contribution in [3.63, 3.8) is 0 Å². The summed E-state index contributed by atoms with van der Waals surface area (Å²) in [6.07, 6.45) is 0.996. The van der Waals surface area contributed by atoms with Gasteiger partial charge in [0.15, 0.2) is 0 Å². The summed E-state index contributed by atoms with van der Waals surface area (Å²) in [7, 11) is 0. The Bertz CT molecular complexity index is 684. The summed E-state index contributed by atoms with van der Waals surface area (Å²) in [6.45, 7) is 1.83. The molecule has 1 aliphatic heterocycles. The molecule has 0 radical (unpaired) electrons. The molecule has 20 heavy (non-hydrogen) atoms. The number of H-pyrrole nitrogens is 1. The van der Waals surface area contributed by atoms with E-state index in [-0.39, 0.29) is 0 Å². The van der Waals surface area contributed by atoms with E-state index in [0.29, 0.717) is 0 Å². The second-order valence-electron chi connectivity index (χ2n) is 4.62. The van der Waals surface area contributed by atoms with E-state index in [9.17, 15) is 0 Å². The number of nitrogens with one attached hydrogen (secondary N) is 2. The largest absolute Gasteiger partial charge is 0.346 e. The monoisotopic (exact) mass is 367 g/mol. The van der Waals surface area contributed by atoms with Gasteiger partial charge in [-0.1, -0.05) is 34.2 Å². The molecule has 0 saturated carbocycles. The van der Waals surface area contributed by atoms with Crippen LogP contribution < -0.4 is 5.32 Å². The number of nitrogens with zero attached hydrogens (tertiary/aromatic N) is 1. The van der Waals surface area contributed by atoms with E-state index in [1.54, 1.807) is 11.8 Å². The van der Waals surface area contributed by atoms with Gasteiger partial charge < -0.3 is 10.3 Å². The number of rotatable bonds is 3. The van der Waals surface area contributed by atoms with Crippen molar-refractivity contribution < 1.29 is 0 Å². The third-order valence-electron chi connectivity index (χ3n) is 3.18.